The van der Waals surface area contributed by atoms with Gasteiger partial charge in [0.2, 0.25) is 23.8 Å². The van der Waals surface area contributed by atoms with E-state index in [1.807, 2.05) is 11.8 Å². The van der Waals surface area contributed by atoms with E-state index in [-0.39, 0.29) is 23.9 Å². The van der Waals surface area contributed by atoms with Crippen LogP contribution in [0, 0.1) is 0 Å². The first kappa shape index (κ1) is 24.3. The molecule has 5 rings (SSSR count). The Bertz CT molecular complexity index is 1210. The van der Waals surface area contributed by atoms with Gasteiger partial charge in [-0.1, -0.05) is 19.1 Å². The van der Waals surface area contributed by atoms with Crippen LogP contribution in [0.2, 0.25) is 0 Å². The lowest BCUT2D eigenvalue weighted by atomic mass is 9.91. The van der Waals surface area contributed by atoms with Crippen LogP contribution in [0.25, 0.3) is 17.0 Å². The highest BCUT2D eigenvalue weighted by atomic mass is 19.3. The zero-order valence-electron chi connectivity index (χ0n) is 20.2. The molecule has 1 aliphatic heterocycles. The fourth-order valence-corrected chi connectivity index (χ4v) is 4.72. The average Bonchev–Trinajstić information content (AvgIpc) is 3.30. The molecule has 192 valence electrons. The fourth-order valence-electron chi connectivity index (χ4n) is 4.72. The molecule has 1 saturated heterocycles. The molecule has 10 nitrogen and oxygen atoms in total. The predicted molar refractivity (Wildman–Crippen MR) is 131 cm³/mol. The van der Waals surface area contributed by atoms with Gasteiger partial charge in [-0.15, -0.1) is 0 Å². The Hall–Kier alpha value is -3.41. The number of halogens is 2. The van der Waals surface area contributed by atoms with E-state index in [0.29, 0.717) is 55.7 Å². The molecule has 0 atom stereocenters. The van der Waals surface area contributed by atoms with Crippen LogP contribution in [0.4, 0.5) is 20.7 Å². The second-order valence-corrected chi connectivity index (χ2v) is 9.07. The highest BCUT2D eigenvalue weighted by Gasteiger charge is 2.26. The first-order chi connectivity index (χ1) is 17.5. The predicted octanol–water partition coefficient (Wildman–Crippen LogP) is 3.23. The summed E-state index contributed by atoms with van der Waals surface area (Å²) in [6.07, 6.45) is 1.03. The van der Waals surface area contributed by atoms with Gasteiger partial charge in [0.05, 0.1) is 24.2 Å². The van der Waals surface area contributed by atoms with Crippen LogP contribution in [0.5, 0.6) is 0 Å². The van der Waals surface area contributed by atoms with Gasteiger partial charge in [-0.2, -0.15) is 15.0 Å². The molecule has 3 aromatic rings. The van der Waals surface area contributed by atoms with Crippen molar-refractivity contribution < 1.29 is 18.3 Å². The molecule has 0 unspecified atom stereocenters. The lowest BCUT2D eigenvalue weighted by Gasteiger charge is -2.30. The summed E-state index contributed by atoms with van der Waals surface area (Å²) < 4.78 is 34.8. The summed E-state index contributed by atoms with van der Waals surface area (Å²) in [5.41, 5.74) is 0.952. The minimum absolute atomic E-state index is 0.0612. The van der Waals surface area contributed by atoms with Gasteiger partial charge in [0.15, 0.2) is 5.82 Å². The van der Waals surface area contributed by atoms with E-state index in [0.717, 1.165) is 25.7 Å². The third-order valence-electron chi connectivity index (χ3n) is 6.63. The lowest BCUT2D eigenvalue weighted by Crippen LogP contribution is -2.40. The van der Waals surface area contributed by atoms with Gasteiger partial charge in [0.1, 0.15) is 0 Å². The van der Waals surface area contributed by atoms with Crippen molar-refractivity contribution in [2.45, 2.75) is 57.5 Å². The first-order valence-corrected chi connectivity index (χ1v) is 12.4. The summed E-state index contributed by atoms with van der Waals surface area (Å²) in [4.78, 5) is 31.6. The molecule has 0 bridgehead atoms. The van der Waals surface area contributed by atoms with Crippen molar-refractivity contribution in [2.24, 2.45) is 0 Å². The second kappa shape index (κ2) is 10.7. The number of nitrogens with zero attached hydrogens (tertiary/aromatic N) is 6. The van der Waals surface area contributed by atoms with Gasteiger partial charge in [0.25, 0.3) is 6.43 Å². The minimum atomic E-state index is -2.80. The summed E-state index contributed by atoms with van der Waals surface area (Å²) in [5.74, 6) is 0.495. The van der Waals surface area contributed by atoms with Crippen LogP contribution >= 0.6 is 0 Å². The Kier molecular flexibility index (Phi) is 7.21. The van der Waals surface area contributed by atoms with Gasteiger partial charge in [-0.05, 0) is 37.8 Å². The van der Waals surface area contributed by atoms with Crippen molar-refractivity contribution in [3.63, 3.8) is 0 Å². The maximum atomic E-state index is 14.0. The lowest BCUT2D eigenvalue weighted by molar-refractivity contribution is -0.121. The molecule has 0 spiro atoms. The molecule has 2 N–H and O–H groups in total. The number of rotatable bonds is 7. The van der Waals surface area contributed by atoms with E-state index in [9.17, 15) is 13.6 Å². The molecule has 1 saturated carbocycles. The molecule has 12 heteroatoms. The third-order valence-corrected chi connectivity index (χ3v) is 6.63. The topological polar surface area (TPSA) is 110 Å². The van der Waals surface area contributed by atoms with Crippen LogP contribution in [0.1, 0.15) is 51.3 Å². The Morgan fingerprint density at radius 1 is 1.03 bits per heavy atom. The van der Waals surface area contributed by atoms with Crippen molar-refractivity contribution in [1.82, 2.24) is 29.8 Å². The summed E-state index contributed by atoms with van der Waals surface area (Å²) in [6.45, 7) is 4.10. The van der Waals surface area contributed by atoms with E-state index in [2.05, 4.69) is 30.6 Å². The van der Waals surface area contributed by atoms with E-state index in [4.69, 9.17) is 4.74 Å². The molecule has 36 heavy (non-hydrogen) atoms. The third kappa shape index (κ3) is 5.23. The fraction of sp³-hybridized carbons (Fsp3) is 0.542. The van der Waals surface area contributed by atoms with Gasteiger partial charge in [-0.25, -0.2) is 13.8 Å². The number of nitrogens with one attached hydrogen (secondary N) is 2. The average molecular weight is 501 g/mol. The van der Waals surface area contributed by atoms with Crippen molar-refractivity contribution >= 4 is 28.8 Å². The highest BCUT2D eigenvalue weighted by molar-refractivity contribution is 5.78. The van der Waals surface area contributed by atoms with Crippen LogP contribution in [0.15, 0.2) is 24.3 Å². The van der Waals surface area contributed by atoms with Gasteiger partial charge >= 0.3 is 0 Å². The summed E-state index contributed by atoms with van der Waals surface area (Å²) in [6, 6.07) is 7.21. The number of benzene rings is 1. The quantitative estimate of drug-likeness (QED) is 0.509. The van der Waals surface area contributed by atoms with Crippen LogP contribution in [-0.4, -0.2) is 68.8 Å². The molecule has 2 fully saturated rings. The molecule has 0 radical (unpaired) electrons. The summed E-state index contributed by atoms with van der Waals surface area (Å²) >= 11 is 0. The number of morpholine rings is 1. The zero-order chi connectivity index (χ0) is 25.1. The standard InChI is InChI=1S/C24H30F2N8O2/c1-2-19(35)27-15-7-9-16(10-8-15)28-22-30-23(33-11-13-36-14-12-33)32-24(31-22)34-18-6-4-3-5-17(18)29-21(34)20(25)26/h3-6,15-16,20H,2,7-14H2,1H3,(H,27,35)(H,28,30,31,32). The summed E-state index contributed by atoms with van der Waals surface area (Å²) in [5, 5.41) is 6.45. The molecular formula is C24H30F2N8O2. The maximum absolute atomic E-state index is 14.0. The van der Waals surface area contributed by atoms with Gasteiger partial charge in [0, 0.05) is 31.6 Å². The van der Waals surface area contributed by atoms with Crippen LogP contribution in [-0.2, 0) is 9.53 Å². The monoisotopic (exact) mass is 500 g/mol. The van der Waals surface area contributed by atoms with Gasteiger partial charge in [-0.3, -0.25) is 9.36 Å². The number of hydrogen-bond acceptors (Lipinski definition) is 8. The van der Waals surface area contributed by atoms with Crippen molar-refractivity contribution in [1.29, 1.82) is 0 Å². The summed E-state index contributed by atoms with van der Waals surface area (Å²) in [7, 11) is 0. The highest BCUT2D eigenvalue weighted by Crippen LogP contribution is 2.28. The minimum Gasteiger partial charge on any atom is -0.378 e. The number of ether oxygens (including phenoxy) is 1. The number of aromatic nitrogens is 5. The Balaban J connectivity index is 1.46. The number of carbonyl (C=O) groups is 1. The van der Waals surface area contributed by atoms with Crippen LogP contribution in [0.3, 0.4) is 0 Å². The van der Waals surface area contributed by atoms with E-state index in [1.165, 1.54) is 4.57 Å². The Morgan fingerprint density at radius 3 is 2.44 bits per heavy atom. The molecule has 1 aliphatic carbocycles. The molecule has 3 heterocycles. The largest absolute Gasteiger partial charge is 0.378 e. The Morgan fingerprint density at radius 2 is 1.72 bits per heavy atom. The molecule has 2 aliphatic rings. The van der Waals surface area contributed by atoms with E-state index < -0.39 is 12.2 Å². The number of carbonyl (C=O) groups excluding carboxylic acids is 1. The maximum Gasteiger partial charge on any atom is 0.296 e. The number of anilines is 2. The number of fused-ring (bicyclic) bond motifs is 1. The smallest absolute Gasteiger partial charge is 0.296 e. The molecule has 1 aromatic carbocycles. The molecular weight excluding hydrogens is 470 g/mol. The number of para-hydroxylation sites is 2. The number of imidazole rings is 1. The van der Waals surface area contributed by atoms with Crippen LogP contribution < -0.4 is 15.5 Å². The number of hydrogen-bond donors (Lipinski definition) is 2. The van der Waals surface area contributed by atoms with Crippen molar-refractivity contribution in [3.8, 4) is 5.95 Å². The number of amides is 1. The molecule has 1 amide bonds. The Labute approximate surface area is 207 Å². The van der Waals surface area contributed by atoms with E-state index in [1.54, 1.807) is 24.3 Å². The first-order valence-electron chi connectivity index (χ1n) is 12.4. The zero-order valence-corrected chi connectivity index (χ0v) is 20.2. The molecule has 2 aromatic heterocycles. The van der Waals surface area contributed by atoms with E-state index >= 15 is 0 Å². The SMILES string of the molecule is CCC(=O)NC1CCC(Nc2nc(N3CCOCC3)nc(-n3c(C(F)F)nc4ccccc43)n2)CC1. The van der Waals surface area contributed by atoms with Crippen molar-refractivity contribution in [3.05, 3.63) is 30.1 Å². The van der Waals surface area contributed by atoms with Crippen molar-refractivity contribution in [2.75, 3.05) is 36.5 Å². The van der Waals surface area contributed by atoms with Gasteiger partial charge < -0.3 is 20.3 Å². The normalized spacial score (nSPS) is 20.6. The number of alkyl halides is 2. The second-order valence-electron chi connectivity index (χ2n) is 9.07.